The van der Waals surface area contributed by atoms with E-state index in [4.69, 9.17) is 4.74 Å². The number of nitrogens with zero attached hydrogens (tertiary/aromatic N) is 2. The second-order valence-corrected chi connectivity index (χ2v) is 7.34. The van der Waals surface area contributed by atoms with Crippen LogP contribution in [0, 0.1) is 19.8 Å². The van der Waals surface area contributed by atoms with E-state index >= 15 is 0 Å². The molecule has 6 nitrogen and oxygen atoms in total. The molecule has 1 aliphatic heterocycles. The summed E-state index contributed by atoms with van der Waals surface area (Å²) in [6.45, 7) is 10.7. The molecule has 2 rings (SSSR count). The molecule has 0 saturated carbocycles. The lowest BCUT2D eigenvalue weighted by Gasteiger charge is -2.32. The first kappa shape index (κ1) is 18.9. The molecule has 1 saturated heterocycles. The van der Waals surface area contributed by atoms with Gasteiger partial charge in [0.1, 0.15) is 0 Å². The summed E-state index contributed by atoms with van der Waals surface area (Å²) in [4.78, 5) is 12.1. The molecule has 0 bridgehead atoms. The van der Waals surface area contributed by atoms with Crippen molar-refractivity contribution in [3.63, 3.8) is 0 Å². The van der Waals surface area contributed by atoms with Crippen LogP contribution in [-0.2, 0) is 22.5 Å². The maximum atomic E-state index is 12.1. The zero-order valence-corrected chi connectivity index (χ0v) is 15.4. The molecule has 1 aromatic heterocycles. The Morgan fingerprint density at radius 1 is 1.38 bits per heavy atom. The Labute approximate surface area is 144 Å². The van der Waals surface area contributed by atoms with E-state index in [-0.39, 0.29) is 5.91 Å². The number of hydrogen-bond donors (Lipinski definition) is 2. The number of carbonyl (C=O) groups is 1. The van der Waals surface area contributed by atoms with Gasteiger partial charge in [0.15, 0.2) is 0 Å². The summed E-state index contributed by atoms with van der Waals surface area (Å²) < 4.78 is 7.29. The number of aryl methyl sites for hydroxylation is 1. The molecular weight excluding hydrogens is 306 g/mol. The molecule has 1 fully saturated rings. The minimum atomic E-state index is -0.818. The van der Waals surface area contributed by atoms with Crippen LogP contribution >= 0.6 is 0 Å². The topological polar surface area (TPSA) is 76.4 Å². The van der Waals surface area contributed by atoms with Crippen molar-refractivity contribution in [3.05, 3.63) is 17.0 Å². The van der Waals surface area contributed by atoms with E-state index in [0.29, 0.717) is 51.4 Å². The third kappa shape index (κ3) is 5.05. The number of amides is 1. The molecular formula is C18H31N3O3. The lowest BCUT2D eigenvalue weighted by atomic mass is 9.94. The summed E-state index contributed by atoms with van der Waals surface area (Å²) >= 11 is 0. The lowest BCUT2D eigenvalue weighted by molar-refractivity contribution is -0.123. The van der Waals surface area contributed by atoms with E-state index in [1.165, 1.54) is 0 Å². The summed E-state index contributed by atoms with van der Waals surface area (Å²) in [5.74, 6) is 0.518. The van der Waals surface area contributed by atoms with Gasteiger partial charge in [0.05, 0.1) is 11.3 Å². The second kappa shape index (κ2) is 8.12. The van der Waals surface area contributed by atoms with Gasteiger partial charge in [-0.05, 0) is 31.7 Å². The van der Waals surface area contributed by atoms with Crippen molar-refractivity contribution in [1.82, 2.24) is 15.1 Å². The smallest absolute Gasteiger partial charge is 0.220 e. The quantitative estimate of drug-likeness (QED) is 0.795. The van der Waals surface area contributed by atoms with Crippen LogP contribution in [0.1, 0.15) is 50.1 Å². The normalized spacial score (nSPS) is 17.2. The van der Waals surface area contributed by atoms with E-state index in [0.717, 1.165) is 23.5 Å². The van der Waals surface area contributed by atoms with Crippen LogP contribution in [-0.4, -0.2) is 46.2 Å². The molecule has 1 aromatic rings. The molecule has 24 heavy (non-hydrogen) atoms. The first-order valence-corrected chi connectivity index (χ1v) is 8.90. The highest BCUT2D eigenvalue weighted by Crippen LogP contribution is 2.20. The molecule has 0 unspecified atom stereocenters. The second-order valence-electron chi connectivity index (χ2n) is 7.34. The number of hydrogen-bond acceptors (Lipinski definition) is 4. The highest BCUT2D eigenvalue weighted by molar-refractivity contribution is 5.76. The highest BCUT2D eigenvalue weighted by atomic mass is 16.5. The molecule has 0 spiro atoms. The van der Waals surface area contributed by atoms with Crippen LogP contribution in [0.3, 0.4) is 0 Å². The summed E-state index contributed by atoms with van der Waals surface area (Å²) in [5.41, 5.74) is 2.50. The minimum absolute atomic E-state index is 0.0228. The van der Waals surface area contributed by atoms with E-state index in [1.807, 2.05) is 11.6 Å². The Morgan fingerprint density at radius 2 is 2.04 bits per heavy atom. The summed E-state index contributed by atoms with van der Waals surface area (Å²) in [6.07, 6.45) is 2.26. The van der Waals surface area contributed by atoms with Crippen LogP contribution in [0.4, 0.5) is 0 Å². The van der Waals surface area contributed by atoms with Gasteiger partial charge >= 0.3 is 0 Å². The third-order valence-corrected chi connectivity index (χ3v) is 4.71. The number of aliphatic hydroxyl groups is 1. The Hall–Kier alpha value is -1.40. The third-order valence-electron chi connectivity index (χ3n) is 4.71. The standard InChI is InChI=1S/C18H31N3O3/c1-13(2)11-21-15(4)16(14(3)20-21)5-6-17(22)19-12-18(23)7-9-24-10-8-18/h13,23H,5-12H2,1-4H3,(H,19,22). The van der Waals surface area contributed by atoms with Gasteiger partial charge in [0, 0.05) is 51.3 Å². The van der Waals surface area contributed by atoms with Gasteiger partial charge in [0.2, 0.25) is 5.91 Å². The van der Waals surface area contributed by atoms with Crippen LogP contribution in [0.25, 0.3) is 0 Å². The summed E-state index contributed by atoms with van der Waals surface area (Å²) in [7, 11) is 0. The van der Waals surface area contributed by atoms with Gasteiger partial charge < -0.3 is 15.2 Å². The Bertz CT molecular complexity index is 560. The predicted molar refractivity (Wildman–Crippen MR) is 92.9 cm³/mol. The van der Waals surface area contributed by atoms with Gasteiger partial charge in [-0.2, -0.15) is 5.10 Å². The van der Waals surface area contributed by atoms with Gasteiger partial charge in [0.25, 0.3) is 0 Å². The maximum Gasteiger partial charge on any atom is 0.220 e. The van der Waals surface area contributed by atoms with Crippen LogP contribution in [0.2, 0.25) is 0 Å². The van der Waals surface area contributed by atoms with Crippen molar-refractivity contribution < 1.29 is 14.6 Å². The monoisotopic (exact) mass is 337 g/mol. The van der Waals surface area contributed by atoms with Crippen LogP contribution in [0.5, 0.6) is 0 Å². The molecule has 2 N–H and O–H groups in total. The number of rotatable bonds is 7. The maximum absolute atomic E-state index is 12.1. The van der Waals surface area contributed by atoms with Crippen molar-refractivity contribution in [1.29, 1.82) is 0 Å². The van der Waals surface area contributed by atoms with Crippen molar-refractivity contribution in [2.24, 2.45) is 5.92 Å². The van der Waals surface area contributed by atoms with Crippen molar-refractivity contribution in [2.75, 3.05) is 19.8 Å². The molecule has 0 atom stereocenters. The van der Waals surface area contributed by atoms with E-state index in [1.54, 1.807) is 0 Å². The van der Waals surface area contributed by atoms with Gasteiger partial charge in [-0.15, -0.1) is 0 Å². The molecule has 136 valence electrons. The van der Waals surface area contributed by atoms with E-state index in [9.17, 15) is 9.90 Å². The minimum Gasteiger partial charge on any atom is -0.388 e. The van der Waals surface area contributed by atoms with Crippen molar-refractivity contribution in [3.8, 4) is 0 Å². The fourth-order valence-electron chi connectivity index (χ4n) is 3.14. The fraction of sp³-hybridized carbons (Fsp3) is 0.778. The zero-order chi connectivity index (χ0) is 17.7. The van der Waals surface area contributed by atoms with Crippen LogP contribution < -0.4 is 5.32 Å². The van der Waals surface area contributed by atoms with Gasteiger partial charge in [-0.3, -0.25) is 9.48 Å². The molecule has 2 heterocycles. The lowest BCUT2D eigenvalue weighted by Crippen LogP contribution is -2.46. The molecule has 1 aliphatic rings. The number of ether oxygens (including phenoxy) is 1. The van der Waals surface area contributed by atoms with Crippen molar-refractivity contribution >= 4 is 5.91 Å². The van der Waals surface area contributed by atoms with E-state index in [2.05, 4.69) is 31.2 Å². The summed E-state index contributed by atoms with van der Waals surface area (Å²) in [5, 5.41) is 17.8. The van der Waals surface area contributed by atoms with Crippen molar-refractivity contribution in [2.45, 2.75) is 65.5 Å². The number of aromatic nitrogens is 2. The largest absolute Gasteiger partial charge is 0.388 e. The van der Waals surface area contributed by atoms with E-state index < -0.39 is 5.60 Å². The Morgan fingerprint density at radius 3 is 2.67 bits per heavy atom. The molecule has 0 aromatic carbocycles. The van der Waals surface area contributed by atoms with Gasteiger partial charge in [-0.1, -0.05) is 13.8 Å². The van der Waals surface area contributed by atoms with Crippen LogP contribution in [0.15, 0.2) is 0 Å². The predicted octanol–water partition coefficient (Wildman–Crippen LogP) is 1.75. The number of carbonyl (C=O) groups excluding carboxylic acids is 1. The highest BCUT2D eigenvalue weighted by Gasteiger charge is 2.30. The SMILES string of the molecule is Cc1nn(CC(C)C)c(C)c1CCC(=O)NCC1(O)CCOCC1. The average molecular weight is 337 g/mol. The fourth-order valence-corrected chi connectivity index (χ4v) is 3.14. The number of nitrogens with one attached hydrogen (secondary N) is 1. The molecule has 1 amide bonds. The molecule has 0 aliphatic carbocycles. The molecule has 0 radical (unpaired) electrons. The zero-order valence-electron chi connectivity index (χ0n) is 15.4. The van der Waals surface area contributed by atoms with Gasteiger partial charge in [-0.25, -0.2) is 0 Å². The first-order valence-electron chi connectivity index (χ1n) is 8.90. The average Bonchev–Trinajstić information content (AvgIpc) is 2.77. The molecule has 6 heteroatoms. The Kier molecular flexibility index (Phi) is 6.40. The first-order chi connectivity index (χ1) is 11.3. The Balaban J connectivity index is 1.84. The summed E-state index contributed by atoms with van der Waals surface area (Å²) in [6, 6.07) is 0.